The molecule has 128 valence electrons. The van der Waals surface area contributed by atoms with Crippen LogP contribution in [0.1, 0.15) is 48.5 Å². The average Bonchev–Trinajstić information content (AvgIpc) is 2.63. The molecule has 0 atom stereocenters. The first-order valence-electron chi connectivity index (χ1n) is 8.81. The summed E-state index contributed by atoms with van der Waals surface area (Å²) < 4.78 is 0. The molecule has 0 saturated carbocycles. The van der Waals surface area contributed by atoms with Crippen LogP contribution in [-0.4, -0.2) is 24.0 Å². The number of aryl methyl sites for hydroxylation is 1. The fourth-order valence-corrected chi connectivity index (χ4v) is 2.47. The monoisotopic (exact) mass is 325 g/mol. The van der Waals surface area contributed by atoms with E-state index in [0.717, 1.165) is 31.6 Å². The van der Waals surface area contributed by atoms with E-state index in [2.05, 4.69) is 34.7 Å². The number of unbranched alkanes of at least 4 members (excludes halogenated alkanes) is 2. The molecule has 2 rings (SSSR count). The molecule has 2 aromatic rings. The van der Waals surface area contributed by atoms with Gasteiger partial charge in [0, 0.05) is 19.3 Å². The number of hydrogen-bond acceptors (Lipinski definition) is 3. The van der Waals surface area contributed by atoms with Crippen molar-refractivity contribution < 1.29 is 4.79 Å². The van der Waals surface area contributed by atoms with Gasteiger partial charge in [-0.2, -0.15) is 0 Å². The van der Waals surface area contributed by atoms with Gasteiger partial charge in [-0.1, -0.05) is 50.1 Å². The lowest BCUT2D eigenvalue weighted by Gasteiger charge is -2.07. The minimum absolute atomic E-state index is 0.0619. The highest BCUT2D eigenvalue weighted by Gasteiger charge is 2.05. The highest BCUT2D eigenvalue weighted by molar-refractivity contribution is 5.94. The Morgan fingerprint density at radius 3 is 2.54 bits per heavy atom. The molecular formula is C20H27N3O. The van der Waals surface area contributed by atoms with E-state index in [9.17, 15) is 4.79 Å². The summed E-state index contributed by atoms with van der Waals surface area (Å²) in [6.45, 7) is 3.78. The van der Waals surface area contributed by atoms with Crippen molar-refractivity contribution in [2.75, 3.05) is 18.4 Å². The average molecular weight is 325 g/mol. The van der Waals surface area contributed by atoms with Gasteiger partial charge >= 0.3 is 0 Å². The number of carbonyl (C=O) groups excluding carboxylic acids is 1. The molecule has 0 aliphatic rings. The lowest BCUT2D eigenvalue weighted by Crippen LogP contribution is -2.24. The zero-order chi connectivity index (χ0) is 17.0. The number of anilines is 1. The van der Waals surface area contributed by atoms with Crippen molar-refractivity contribution in [1.82, 2.24) is 10.3 Å². The molecule has 1 aromatic carbocycles. The first-order valence-corrected chi connectivity index (χ1v) is 8.81. The predicted octanol–water partition coefficient (Wildman–Crippen LogP) is 4.05. The zero-order valence-electron chi connectivity index (χ0n) is 14.4. The van der Waals surface area contributed by atoms with E-state index >= 15 is 0 Å². The van der Waals surface area contributed by atoms with E-state index in [1.807, 2.05) is 30.3 Å². The third-order valence-electron chi connectivity index (χ3n) is 3.88. The van der Waals surface area contributed by atoms with Gasteiger partial charge in [0.05, 0.1) is 5.56 Å². The van der Waals surface area contributed by atoms with Gasteiger partial charge in [-0.05, 0) is 37.0 Å². The van der Waals surface area contributed by atoms with Crippen molar-refractivity contribution >= 4 is 11.7 Å². The number of carbonyl (C=O) groups is 1. The summed E-state index contributed by atoms with van der Waals surface area (Å²) in [6.07, 6.45) is 7.10. The SMILES string of the molecule is CCCCCNc1ccc(C(=O)NCCCc2ccccc2)cn1. The van der Waals surface area contributed by atoms with Crippen LogP contribution in [0.4, 0.5) is 5.82 Å². The number of nitrogens with one attached hydrogen (secondary N) is 2. The maximum Gasteiger partial charge on any atom is 0.252 e. The quantitative estimate of drug-likeness (QED) is 0.648. The fourth-order valence-electron chi connectivity index (χ4n) is 2.47. The largest absolute Gasteiger partial charge is 0.370 e. The summed E-state index contributed by atoms with van der Waals surface area (Å²) in [6, 6.07) is 14.0. The van der Waals surface area contributed by atoms with E-state index in [4.69, 9.17) is 0 Å². The number of nitrogens with zero attached hydrogens (tertiary/aromatic N) is 1. The lowest BCUT2D eigenvalue weighted by atomic mass is 10.1. The van der Waals surface area contributed by atoms with E-state index in [-0.39, 0.29) is 5.91 Å². The van der Waals surface area contributed by atoms with E-state index in [1.54, 1.807) is 6.20 Å². The standard InChI is InChI=1S/C20H27N3O/c1-2-3-7-14-21-19-13-12-18(16-23-19)20(24)22-15-8-11-17-9-5-4-6-10-17/h4-6,9-10,12-13,16H,2-3,7-8,11,14-15H2,1H3,(H,21,23)(H,22,24). The topological polar surface area (TPSA) is 54.0 Å². The Balaban J connectivity index is 1.68. The molecule has 2 N–H and O–H groups in total. The molecule has 1 amide bonds. The minimum atomic E-state index is -0.0619. The molecule has 0 aliphatic heterocycles. The van der Waals surface area contributed by atoms with Crippen LogP contribution in [0.3, 0.4) is 0 Å². The van der Waals surface area contributed by atoms with Crippen LogP contribution in [0.15, 0.2) is 48.7 Å². The first kappa shape index (κ1) is 18.0. The second-order valence-electron chi connectivity index (χ2n) is 5.91. The Labute approximate surface area is 144 Å². The molecule has 0 aliphatic carbocycles. The van der Waals surface area contributed by atoms with Gasteiger partial charge in [0.15, 0.2) is 0 Å². The lowest BCUT2D eigenvalue weighted by molar-refractivity contribution is 0.0953. The van der Waals surface area contributed by atoms with Crippen LogP contribution in [-0.2, 0) is 6.42 Å². The van der Waals surface area contributed by atoms with Crippen LogP contribution in [0, 0.1) is 0 Å². The summed E-state index contributed by atoms with van der Waals surface area (Å²) in [5.41, 5.74) is 1.90. The zero-order valence-corrected chi connectivity index (χ0v) is 14.4. The molecule has 0 radical (unpaired) electrons. The van der Waals surface area contributed by atoms with Gasteiger partial charge in [-0.15, -0.1) is 0 Å². The molecule has 0 spiro atoms. The Bertz CT molecular complexity index is 596. The second-order valence-corrected chi connectivity index (χ2v) is 5.91. The van der Waals surface area contributed by atoms with Crippen LogP contribution in [0.5, 0.6) is 0 Å². The Hall–Kier alpha value is -2.36. The van der Waals surface area contributed by atoms with Gasteiger partial charge in [-0.25, -0.2) is 4.98 Å². The number of aromatic nitrogens is 1. The van der Waals surface area contributed by atoms with E-state index < -0.39 is 0 Å². The van der Waals surface area contributed by atoms with Crippen molar-refractivity contribution in [1.29, 1.82) is 0 Å². The Morgan fingerprint density at radius 2 is 1.83 bits per heavy atom. The second kappa shape index (κ2) is 10.4. The minimum Gasteiger partial charge on any atom is -0.370 e. The third kappa shape index (κ3) is 6.41. The molecule has 0 saturated heterocycles. The third-order valence-corrected chi connectivity index (χ3v) is 3.88. The first-order chi connectivity index (χ1) is 11.8. The van der Waals surface area contributed by atoms with Gasteiger partial charge in [0.2, 0.25) is 0 Å². The Morgan fingerprint density at radius 1 is 1.00 bits per heavy atom. The Kier molecular flexibility index (Phi) is 7.81. The molecule has 1 heterocycles. The fraction of sp³-hybridized carbons (Fsp3) is 0.400. The van der Waals surface area contributed by atoms with E-state index in [1.165, 1.54) is 18.4 Å². The number of amides is 1. The molecule has 0 unspecified atom stereocenters. The van der Waals surface area contributed by atoms with Gasteiger partial charge in [-0.3, -0.25) is 4.79 Å². The molecular weight excluding hydrogens is 298 g/mol. The molecule has 1 aromatic heterocycles. The van der Waals surface area contributed by atoms with Crippen LogP contribution in [0.25, 0.3) is 0 Å². The number of benzene rings is 1. The van der Waals surface area contributed by atoms with Crippen LogP contribution < -0.4 is 10.6 Å². The van der Waals surface area contributed by atoms with Crippen LogP contribution in [0.2, 0.25) is 0 Å². The van der Waals surface area contributed by atoms with Crippen LogP contribution >= 0.6 is 0 Å². The summed E-state index contributed by atoms with van der Waals surface area (Å²) in [7, 11) is 0. The highest BCUT2D eigenvalue weighted by atomic mass is 16.1. The predicted molar refractivity (Wildman–Crippen MR) is 99.3 cm³/mol. The number of rotatable bonds is 10. The smallest absolute Gasteiger partial charge is 0.252 e. The maximum atomic E-state index is 12.1. The normalized spacial score (nSPS) is 10.4. The van der Waals surface area contributed by atoms with Crippen molar-refractivity contribution in [2.45, 2.75) is 39.0 Å². The van der Waals surface area contributed by atoms with Crippen molar-refractivity contribution in [3.63, 3.8) is 0 Å². The molecule has 0 bridgehead atoms. The van der Waals surface area contributed by atoms with Gasteiger partial charge in [0.25, 0.3) is 5.91 Å². The summed E-state index contributed by atoms with van der Waals surface area (Å²) in [4.78, 5) is 16.4. The number of hydrogen-bond donors (Lipinski definition) is 2. The summed E-state index contributed by atoms with van der Waals surface area (Å²) >= 11 is 0. The van der Waals surface area contributed by atoms with E-state index in [0.29, 0.717) is 12.1 Å². The molecule has 4 heteroatoms. The molecule has 4 nitrogen and oxygen atoms in total. The highest BCUT2D eigenvalue weighted by Crippen LogP contribution is 2.06. The van der Waals surface area contributed by atoms with Gasteiger partial charge < -0.3 is 10.6 Å². The van der Waals surface area contributed by atoms with Crippen molar-refractivity contribution in [3.05, 3.63) is 59.8 Å². The summed E-state index contributed by atoms with van der Waals surface area (Å²) in [5, 5.41) is 6.22. The summed E-state index contributed by atoms with van der Waals surface area (Å²) in [5.74, 6) is 0.764. The molecule has 24 heavy (non-hydrogen) atoms. The van der Waals surface area contributed by atoms with Gasteiger partial charge in [0.1, 0.15) is 5.82 Å². The molecule has 0 fully saturated rings. The van der Waals surface area contributed by atoms with Crippen molar-refractivity contribution in [2.24, 2.45) is 0 Å². The van der Waals surface area contributed by atoms with Crippen molar-refractivity contribution in [3.8, 4) is 0 Å². The number of pyridine rings is 1. The maximum absolute atomic E-state index is 12.1.